The summed E-state index contributed by atoms with van der Waals surface area (Å²) in [5.41, 5.74) is 3.20. The number of nitrogens with one attached hydrogen (secondary N) is 1. The van der Waals surface area contributed by atoms with Gasteiger partial charge in [0.15, 0.2) is 0 Å². The fourth-order valence-electron chi connectivity index (χ4n) is 2.46. The van der Waals surface area contributed by atoms with Crippen LogP contribution in [0.2, 0.25) is 0 Å². The van der Waals surface area contributed by atoms with Gasteiger partial charge < -0.3 is 14.5 Å². The number of fused-ring (bicyclic) bond motifs is 1. The number of nitrogens with zero attached hydrogens (tertiary/aromatic N) is 1. The molecular formula is C17H18N2O2. The number of hydrogen-bond donors (Lipinski definition) is 2. The van der Waals surface area contributed by atoms with Crippen LogP contribution < -0.4 is 5.56 Å². The molecule has 0 bridgehead atoms. The number of rotatable bonds is 2. The molecule has 2 N–H and O–H groups in total. The highest BCUT2D eigenvalue weighted by Gasteiger charge is 2.15. The SMILES string of the molecule is Cc1ccc2c(=O)[nH]c(-c3ccc(C(C)(C)O)cc3)cn12. The Labute approximate surface area is 122 Å². The number of hydrogen-bond acceptors (Lipinski definition) is 2. The van der Waals surface area contributed by atoms with Gasteiger partial charge in [0.05, 0.1) is 11.3 Å². The van der Waals surface area contributed by atoms with E-state index in [2.05, 4.69) is 4.98 Å². The summed E-state index contributed by atoms with van der Waals surface area (Å²) in [6.45, 7) is 5.46. The van der Waals surface area contributed by atoms with Crippen molar-refractivity contribution in [2.24, 2.45) is 0 Å². The molecule has 0 fully saturated rings. The van der Waals surface area contributed by atoms with E-state index in [9.17, 15) is 9.90 Å². The maximum atomic E-state index is 12.1. The first-order chi connectivity index (χ1) is 9.86. The van der Waals surface area contributed by atoms with E-state index in [1.54, 1.807) is 13.8 Å². The van der Waals surface area contributed by atoms with Gasteiger partial charge in [0.1, 0.15) is 5.52 Å². The van der Waals surface area contributed by atoms with Crippen molar-refractivity contribution < 1.29 is 5.11 Å². The predicted octanol–water partition coefficient (Wildman–Crippen LogP) is 2.83. The van der Waals surface area contributed by atoms with Crippen LogP contribution in [0.4, 0.5) is 0 Å². The van der Waals surface area contributed by atoms with Gasteiger partial charge in [0, 0.05) is 11.9 Å². The standard InChI is InChI=1S/C17H18N2O2/c1-11-4-9-15-16(20)18-14(10-19(11)15)12-5-7-13(8-6-12)17(2,3)21/h4-10,21H,1-3H3,(H,18,20). The molecule has 21 heavy (non-hydrogen) atoms. The van der Waals surface area contributed by atoms with Gasteiger partial charge >= 0.3 is 0 Å². The van der Waals surface area contributed by atoms with Gasteiger partial charge in [-0.25, -0.2) is 0 Å². The van der Waals surface area contributed by atoms with Crippen molar-refractivity contribution in [3.8, 4) is 11.3 Å². The summed E-state index contributed by atoms with van der Waals surface area (Å²) in [6.07, 6.45) is 1.92. The van der Waals surface area contributed by atoms with Crippen LogP contribution in [0.3, 0.4) is 0 Å². The van der Waals surface area contributed by atoms with Crippen LogP contribution in [0.5, 0.6) is 0 Å². The third-order valence-corrected chi connectivity index (χ3v) is 3.76. The molecule has 3 rings (SSSR count). The molecule has 0 aliphatic carbocycles. The largest absolute Gasteiger partial charge is 0.386 e. The third-order valence-electron chi connectivity index (χ3n) is 3.76. The van der Waals surface area contributed by atoms with E-state index in [1.807, 2.05) is 53.9 Å². The van der Waals surface area contributed by atoms with Gasteiger partial charge in [-0.2, -0.15) is 0 Å². The molecule has 0 aliphatic heterocycles. The Hall–Kier alpha value is -2.33. The Morgan fingerprint density at radius 3 is 2.38 bits per heavy atom. The molecule has 3 aromatic rings. The highest BCUT2D eigenvalue weighted by atomic mass is 16.3. The van der Waals surface area contributed by atoms with E-state index in [1.165, 1.54) is 0 Å². The summed E-state index contributed by atoms with van der Waals surface area (Å²) >= 11 is 0. The quantitative estimate of drug-likeness (QED) is 0.759. The van der Waals surface area contributed by atoms with E-state index in [4.69, 9.17) is 0 Å². The predicted molar refractivity (Wildman–Crippen MR) is 83.4 cm³/mol. The van der Waals surface area contributed by atoms with Crippen molar-refractivity contribution in [3.63, 3.8) is 0 Å². The lowest BCUT2D eigenvalue weighted by atomic mass is 9.97. The van der Waals surface area contributed by atoms with Crippen LogP contribution >= 0.6 is 0 Å². The lowest BCUT2D eigenvalue weighted by Gasteiger charge is -2.17. The highest BCUT2D eigenvalue weighted by Crippen LogP contribution is 2.23. The second kappa shape index (κ2) is 4.60. The van der Waals surface area contributed by atoms with Crippen molar-refractivity contribution in [3.05, 3.63) is 64.2 Å². The zero-order valence-corrected chi connectivity index (χ0v) is 12.3. The van der Waals surface area contributed by atoms with Crippen LogP contribution in [0.15, 0.2) is 47.4 Å². The Morgan fingerprint density at radius 1 is 1.10 bits per heavy atom. The van der Waals surface area contributed by atoms with Gasteiger partial charge in [-0.15, -0.1) is 0 Å². The number of H-pyrrole nitrogens is 1. The molecule has 0 spiro atoms. The van der Waals surface area contributed by atoms with Crippen molar-refractivity contribution in [1.29, 1.82) is 0 Å². The summed E-state index contributed by atoms with van der Waals surface area (Å²) < 4.78 is 1.89. The zero-order valence-electron chi connectivity index (χ0n) is 12.3. The Morgan fingerprint density at radius 2 is 1.76 bits per heavy atom. The molecule has 4 nitrogen and oxygen atoms in total. The number of aromatic amines is 1. The summed E-state index contributed by atoms with van der Waals surface area (Å²) in [7, 11) is 0. The molecule has 0 saturated carbocycles. The van der Waals surface area contributed by atoms with Gasteiger partial charge in [-0.05, 0) is 44.0 Å². The van der Waals surface area contributed by atoms with Gasteiger partial charge in [0.2, 0.25) is 0 Å². The first kappa shape index (κ1) is 13.6. The minimum Gasteiger partial charge on any atom is -0.386 e. The summed E-state index contributed by atoms with van der Waals surface area (Å²) in [5.74, 6) is 0. The molecular weight excluding hydrogens is 264 g/mol. The first-order valence-corrected chi connectivity index (χ1v) is 6.90. The molecule has 0 atom stereocenters. The summed E-state index contributed by atoms with van der Waals surface area (Å²) in [4.78, 5) is 15.0. The van der Waals surface area contributed by atoms with Crippen molar-refractivity contribution in [1.82, 2.24) is 9.38 Å². The fourth-order valence-corrected chi connectivity index (χ4v) is 2.46. The topological polar surface area (TPSA) is 57.5 Å². The van der Waals surface area contributed by atoms with Crippen LogP contribution in [-0.4, -0.2) is 14.5 Å². The first-order valence-electron chi connectivity index (χ1n) is 6.90. The minimum absolute atomic E-state index is 0.104. The molecule has 0 saturated heterocycles. The molecule has 2 aromatic heterocycles. The number of aryl methyl sites for hydroxylation is 1. The van der Waals surface area contributed by atoms with Crippen molar-refractivity contribution in [2.75, 3.05) is 0 Å². The molecule has 4 heteroatoms. The lowest BCUT2D eigenvalue weighted by molar-refractivity contribution is 0.0786. The maximum Gasteiger partial charge on any atom is 0.272 e. The Balaban J connectivity index is 2.12. The summed E-state index contributed by atoms with van der Waals surface area (Å²) in [6, 6.07) is 11.3. The van der Waals surface area contributed by atoms with Crippen LogP contribution in [0.25, 0.3) is 16.8 Å². The second-order valence-corrected chi connectivity index (χ2v) is 5.86. The van der Waals surface area contributed by atoms with E-state index < -0.39 is 5.60 Å². The molecule has 1 aromatic carbocycles. The van der Waals surface area contributed by atoms with Crippen LogP contribution in [0, 0.1) is 6.92 Å². The summed E-state index contributed by atoms with van der Waals surface area (Å²) in [5, 5.41) is 9.98. The van der Waals surface area contributed by atoms with Crippen LogP contribution in [-0.2, 0) is 5.60 Å². The smallest absolute Gasteiger partial charge is 0.272 e. The van der Waals surface area contributed by atoms with Gasteiger partial charge in [-0.3, -0.25) is 4.79 Å². The molecule has 0 unspecified atom stereocenters. The highest BCUT2D eigenvalue weighted by molar-refractivity contribution is 5.61. The fraction of sp³-hybridized carbons (Fsp3) is 0.235. The molecule has 2 heterocycles. The minimum atomic E-state index is -0.868. The number of aromatic nitrogens is 2. The second-order valence-electron chi connectivity index (χ2n) is 5.86. The number of benzene rings is 1. The van der Waals surface area contributed by atoms with Crippen molar-refractivity contribution >= 4 is 5.52 Å². The monoisotopic (exact) mass is 282 g/mol. The molecule has 0 radical (unpaired) electrons. The maximum absolute atomic E-state index is 12.1. The average Bonchev–Trinajstić information content (AvgIpc) is 2.80. The molecule has 108 valence electrons. The third kappa shape index (κ3) is 2.38. The average molecular weight is 282 g/mol. The molecule has 0 aliphatic rings. The van der Waals surface area contributed by atoms with E-state index in [0.29, 0.717) is 5.52 Å². The van der Waals surface area contributed by atoms with Crippen LogP contribution in [0.1, 0.15) is 25.1 Å². The Kier molecular flexibility index (Phi) is 2.99. The van der Waals surface area contributed by atoms with E-state index in [-0.39, 0.29) is 5.56 Å². The lowest BCUT2D eigenvalue weighted by Crippen LogP contribution is -2.15. The zero-order chi connectivity index (χ0) is 15.2. The van der Waals surface area contributed by atoms with Gasteiger partial charge in [0.25, 0.3) is 5.56 Å². The Bertz CT molecular complexity index is 849. The van der Waals surface area contributed by atoms with Gasteiger partial charge in [-0.1, -0.05) is 24.3 Å². The normalized spacial score (nSPS) is 12.0. The number of aliphatic hydroxyl groups is 1. The van der Waals surface area contributed by atoms with Crippen molar-refractivity contribution in [2.45, 2.75) is 26.4 Å². The molecule has 0 amide bonds. The van der Waals surface area contributed by atoms with E-state index >= 15 is 0 Å². The van der Waals surface area contributed by atoms with E-state index in [0.717, 1.165) is 22.5 Å².